The van der Waals surface area contributed by atoms with Crippen LogP contribution in [0.15, 0.2) is 47.4 Å². The normalized spacial score (nSPS) is 10.4. The van der Waals surface area contributed by atoms with Crippen molar-refractivity contribution in [3.63, 3.8) is 0 Å². The van der Waals surface area contributed by atoms with Crippen LogP contribution < -0.4 is 5.32 Å². The minimum atomic E-state index is 0.0683. The van der Waals surface area contributed by atoms with Gasteiger partial charge in [-0.1, -0.05) is 35.9 Å². The molecule has 0 aromatic heterocycles. The Kier molecular flexibility index (Phi) is 5.45. The van der Waals surface area contributed by atoms with Crippen molar-refractivity contribution >= 4 is 17.7 Å². The Balaban J connectivity index is 1.79. The van der Waals surface area contributed by atoms with Gasteiger partial charge in [0.15, 0.2) is 0 Å². The van der Waals surface area contributed by atoms with E-state index in [0.29, 0.717) is 12.3 Å². The first-order valence-electron chi connectivity index (χ1n) is 7.07. The Hall–Kier alpha value is -1.74. The molecule has 0 heterocycles. The minimum absolute atomic E-state index is 0.0683. The van der Waals surface area contributed by atoms with Gasteiger partial charge in [-0.15, -0.1) is 11.8 Å². The smallest absolute Gasteiger partial charge is 0.230 e. The van der Waals surface area contributed by atoms with E-state index in [4.69, 9.17) is 0 Å². The third kappa shape index (κ3) is 4.94. The van der Waals surface area contributed by atoms with E-state index < -0.39 is 0 Å². The average Bonchev–Trinajstić information content (AvgIpc) is 2.48. The average molecular weight is 299 g/mol. The molecule has 2 aromatic carbocycles. The molecule has 0 spiro atoms. The lowest BCUT2D eigenvalue weighted by atomic mass is 10.1. The first-order valence-corrected chi connectivity index (χ1v) is 8.05. The molecule has 0 saturated carbocycles. The minimum Gasteiger partial charge on any atom is -0.351 e. The molecule has 0 aliphatic rings. The zero-order valence-corrected chi connectivity index (χ0v) is 13.6. The van der Waals surface area contributed by atoms with Gasteiger partial charge in [0.25, 0.3) is 0 Å². The maximum atomic E-state index is 11.9. The zero-order chi connectivity index (χ0) is 15.2. The van der Waals surface area contributed by atoms with Crippen LogP contribution in [-0.4, -0.2) is 11.7 Å². The summed E-state index contributed by atoms with van der Waals surface area (Å²) in [5.41, 5.74) is 4.91. The number of hydrogen-bond acceptors (Lipinski definition) is 2. The SMILES string of the molecule is Cc1ccc(CNC(=O)CSc2ccc(C)c(C)c2)cc1. The summed E-state index contributed by atoms with van der Waals surface area (Å²) in [7, 11) is 0. The predicted octanol–water partition coefficient (Wildman–Crippen LogP) is 4.02. The van der Waals surface area contributed by atoms with Gasteiger partial charge < -0.3 is 5.32 Å². The molecular formula is C18H21NOS. The van der Waals surface area contributed by atoms with Gasteiger partial charge in [0.2, 0.25) is 5.91 Å². The molecule has 1 amide bonds. The first kappa shape index (κ1) is 15.6. The number of thioether (sulfide) groups is 1. The van der Waals surface area contributed by atoms with E-state index in [9.17, 15) is 4.79 Å². The van der Waals surface area contributed by atoms with Gasteiger partial charge in [-0.2, -0.15) is 0 Å². The van der Waals surface area contributed by atoms with Gasteiger partial charge in [0, 0.05) is 11.4 Å². The van der Waals surface area contributed by atoms with E-state index in [1.54, 1.807) is 11.8 Å². The second kappa shape index (κ2) is 7.32. The summed E-state index contributed by atoms with van der Waals surface area (Å²) in [6, 6.07) is 14.5. The highest BCUT2D eigenvalue weighted by atomic mass is 32.2. The van der Waals surface area contributed by atoms with Gasteiger partial charge >= 0.3 is 0 Å². The standard InChI is InChI=1S/C18H21NOS/c1-13-4-7-16(8-5-13)11-19-18(20)12-21-17-9-6-14(2)15(3)10-17/h4-10H,11-12H2,1-3H3,(H,19,20). The molecule has 0 aliphatic heterocycles. The van der Waals surface area contributed by atoms with E-state index in [2.05, 4.69) is 56.4 Å². The molecule has 2 rings (SSSR count). The van der Waals surface area contributed by atoms with Crippen LogP contribution >= 0.6 is 11.8 Å². The van der Waals surface area contributed by atoms with Crippen LogP contribution in [-0.2, 0) is 11.3 Å². The van der Waals surface area contributed by atoms with Crippen molar-refractivity contribution in [2.45, 2.75) is 32.2 Å². The van der Waals surface area contributed by atoms with Crippen LogP contribution in [0.5, 0.6) is 0 Å². The Morgan fingerprint density at radius 3 is 2.38 bits per heavy atom. The van der Waals surface area contributed by atoms with Crippen molar-refractivity contribution < 1.29 is 4.79 Å². The van der Waals surface area contributed by atoms with Crippen molar-refractivity contribution in [2.24, 2.45) is 0 Å². The van der Waals surface area contributed by atoms with Crippen LogP contribution in [0.3, 0.4) is 0 Å². The molecule has 0 atom stereocenters. The third-order valence-electron chi connectivity index (χ3n) is 3.46. The van der Waals surface area contributed by atoms with Crippen LogP contribution in [0.2, 0.25) is 0 Å². The van der Waals surface area contributed by atoms with Gasteiger partial charge in [-0.3, -0.25) is 4.79 Å². The molecule has 0 saturated heterocycles. The summed E-state index contributed by atoms with van der Waals surface area (Å²) in [6.45, 7) is 6.84. The maximum Gasteiger partial charge on any atom is 0.230 e. The quantitative estimate of drug-likeness (QED) is 0.845. The van der Waals surface area contributed by atoms with E-state index >= 15 is 0 Å². The molecule has 2 aromatic rings. The Morgan fingerprint density at radius 2 is 1.71 bits per heavy atom. The van der Waals surface area contributed by atoms with Crippen molar-refractivity contribution in [3.8, 4) is 0 Å². The highest BCUT2D eigenvalue weighted by Gasteiger charge is 2.04. The van der Waals surface area contributed by atoms with E-state index in [1.165, 1.54) is 16.7 Å². The molecule has 110 valence electrons. The number of carbonyl (C=O) groups excluding carboxylic acids is 1. The van der Waals surface area contributed by atoms with Gasteiger partial charge in [-0.25, -0.2) is 0 Å². The molecular weight excluding hydrogens is 278 g/mol. The number of amides is 1. The van der Waals surface area contributed by atoms with Crippen molar-refractivity contribution in [1.29, 1.82) is 0 Å². The molecule has 2 nitrogen and oxygen atoms in total. The Labute approximate surface area is 131 Å². The largest absolute Gasteiger partial charge is 0.351 e. The summed E-state index contributed by atoms with van der Waals surface area (Å²) in [5.74, 6) is 0.521. The molecule has 3 heteroatoms. The van der Waals surface area contributed by atoms with E-state index in [-0.39, 0.29) is 5.91 Å². The monoisotopic (exact) mass is 299 g/mol. The molecule has 0 bridgehead atoms. The lowest BCUT2D eigenvalue weighted by Gasteiger charge is -2.07. The number of rotatable bonds is 5. The molecule has 0 radical (unpaired) electrons. The second-order valence-electron chi connectivity index (χ2n) is 5.30. The van der Waals surface area contributed by atoms with Crippen LogP contribution in [0.25, 0.3) is 0 Å². The fraction of sp³-hybridized carbons (Fsp3) is 0.278. The number of nitrogens with one attached hydrogen (secondary N) is 1. The van der Waals surface area contributed by atoms with E-state index in [1.807, 2.05) is 12.1 Å². The molecule has 21 heavy (non-hydrogen) atoms. The Bertz CT molecular complexity index is 620. The number of aryl methyl sites for hydroxylation is 3. The highest BCUT2D eigenvalue weighted by Crippen LogP contribution is 2.20. The fourth-order valence-electron chi connectivity index (χ4n) is 1.91. The number of benzene rings is 2. The second-order valence-corrected chi connectivity index (χ2v) is 6.35. The van der Waals surface area contributed by atoms with Crippen molar-refractivity contribution in [1.82, 2.24) is 5.32 Å². The topological polar surface area (TPSA) is 29.1 Å². The summed E-state index contributed by atoms with van der Waals surface area (Å²) in [4.78, 5) is 13.0. The highest BCUT2D eigenvalue weighted by molar-refractivity contribution is 8.00. The summed E-state index contributed by atoms with van der Waals surface area (Å²) in [5, 5.41) is 2.95. The van der Waals surface area contributed by atoms with Crippen molar-refractivity contribution in [2.75, 3.05) is 5.75 Å². The fourth-order valence-corrected chi connectivity index (χ4v) is 2.73. The van der Waals surface area contributed by atoms with E-state index in [0.717, 1.165) is 10.5 Å². The van der Waals surface area contributed by atoms with Gasteiger partial charge in [0.1, 0.15) is 0 Å². The first-order chi connectivity index (χ1) is 10.0. The lowest BCUT2D eigenvalue weighted by Crippen LogP contribution is -2.24. The zero-order valence-electron chi connectivity index (χ0n) is 12.8. The predicted molar refractivity (Wildman–Crippen MR) is 89.7 cm³/mol. The van der Waals surface area contributed by atoms with Crippen LogP contribution in [0.4, 0.5) is 0 Å². The summed E-state index contributed by atoms with van der Waals surface area (Å²) < 4.78 is 0. The summed E-state index contributed by atoms with van der Waals surface area (Å²) >= 11 is 1.58. The third-order valence-corrected chi connectivity index (χ3v) is 4.45. The van der Waals surface area contributed by atoms with Gasteiger partial charge in [-0.05, 0) is 49.6 Å². The Morgan fingerprint density at radius 1 is 1.00 bits per heavy atom. The van der Waals surface area contributed by atoms with Crippen molar-refractivity contribution in [3.05, 3.63) is 64.7 Å². The molecule has 0 aliphatic carbocycles. The van der Waals surface area contributed by atoms with Crippen LogP contribution in [0, 0.1) is 20.8 Å². The molecule has 1 N–H and O–H groups in total. The van der Waals surface area contributed by atoms with Crippen LogP contribution in [0.1, 0.15) is 22.3 Å². The molecule has 0 fully saturated rings. The number of carbonyl (C=O) groups is 1. The number of hydrogen-bond donors (Lipinski definition) is 1. The van der Waals surface area contributed by atoms with Gasteiger partial charge in [0.05, 0.1) is 5.75 Å². The summed E-state index contributed by atoms with van der Waals surface area (Å²) in [6.07, 6.45) is 0. The molecule has 0 unspecified atom stereocenters. The lowest BCUT2D eigenvalue weighted by molar-refractivity contribution is -0.118. The maximum absolute atomic E-state index is 11.9.